The van der Waals surface area contributed by atoms with Crippen LogP contribution in [0.1, 0.15) is 5.82 Å². The first-order valence-corrected chi connectivity index (χ1v) is 6.91. The van der Waals surface area contributed by atoms with Gasteiger partial charge in [-0.15, -0.1) is 0 Å². The lowest BCUT2D eigenvalue weighted by molar-refractivity contribution is 0.598. The van der Waals surface area contributed by atoms with Crippen LogP contribution in [0.2, 0.25) is 0 Å². The van der Waals surface area contributed by atoms with Gasteiger partial charge in [0.2, 0.25) is 0 Å². The zero-order valence-electron chi connectivity index (χ0n) is 8.81. The van der Waals surface area contributed by atoms with Crippen LogP contribution in [0, 0.1) is 6.92 Å². The molecule has 0 aromatic carbocycles. The fourth-order valence-corrected chi connectivity index (χ4v) is 2.38. The summed E-state index contributed by atoms with van der Waals surface area (Å²) in [6, 6.07) is 3.26. The Bertz CT molecular complexity index is 621. The van der Waals surface area contributed by atoms with E-state index in [1.54, 1.807) is 19.1 Å². The van der Waals surface area contributed by atoms with Crippen LogP contribution < -0.4 is 4.72 Å². The molecule has 0 amide bonds. The molecule has 0 saturated heterocycles. The van der Waals surface area contributed by atoms with Crippen molar-refractivity contribution in [2.45, 2.75) is 11.9 Å². The molecular formula is C9H9BrN4O2S. The highest BCUT2D eigenvalue weighted by atomic mass is 79.9. The Morgan fingerprint density at radius 1 is 1.29 bits per heavy atom. The fourth-order valence-electron chi connectivity index (χ4n) is 1.16. The van der Waals surface area contributed by atoms with Crippen LogP contribution in [0.4, 0.5) is 5.82 Å². The fraction of sp³-hybridized carbons (Fsp3) is 0.111. The molecule has 0 unspecified atom stereocenters. The predicted octanol–water partition coefficient (Wildman–Crippen LogP) is 1.68. The highest BCUT2D eigenvalue weighted by Crippen LogP contribution is 2.14. The second-order valence-corrected chi connectivity index (χ2v) is 5.87. The third kappa shape index (κ3) is 2.83. The summed E-state index contributed by atoms with van der Waals surface area (Å²) in [6.45, 7) is 1.68. The topological polar surface area (TPSA) is 87.7 Å². The molecule has 0 bridgehead atoms. The van der Waals surface area contributed by atoms with Crippen LogP contribution in [0.15, 0.2) is 34.0 Å². The van der Waals surface area contributed by atoms with E-state index >= 15 is 0 Å². The van der Waals surface area contributed by atoms with Crippen LogP contribution in [0.25, 0.3) is 0 Å². The molecular weight excluding hydrogens is 308 g/mol. The third-order valence-electron chi connectivity index (χ3n) is 1.94. The molecule has 8 heteroatoms. The molecule has 0 radical (unpaired) electrons. The van der Waals surface area contributed by atoms with Crippen LogP contribution in [0.5, 0.6) is 0 Å². The molecule has 0 aliphatic rings. The van der Waals surface area contributed by atoms with E-state index < -0.39 is 10.0 Å². The molecule has 0 aliphatic heterocycles. The van der Waals surface area contributed by atoms with Crippen LogP contribution in [0.3, 0.4) is 0 Å². The van der Waals surface area contributed by atoms with Crippen LogP contribution >= 0.6 is 15.9 Å². The number of imidazole rings is 1. The maximum atomic E-state index is 11.9. The van der Waals surface area contributed by atoms with E-state index in [0.717, 1.165) is 4.47 Å². The van der Waals surface area contributed by atoms with Crippen molar-refractivity contribution < 1.29 is 8.42 Å². The summed E-state index contributed by atoms with van der Waals surface area (Å²) in [5.41, 5.74) is 0. The van der Waals surface area contributed by atoms with Gasteiger partial charge < -0.3 is 4.98 Å². The van der Waals surface area contributed by atoms with Crippen molar-refractivity contribution in [3.05, 3.63) is 34.8 Å². The van der Waals surface area contributed by atoms with Crippen molar-refractivity contribution in [3.8, 4) is 0 Å². The van der Waals surface area contributed by atoms with Crippen LogP contribution in [-0.4, -0.2) is 23.4 Å². The van der Waals surface area contributed by atoms with E-state index in [4.69, 9.17) is 0 Å². The minimum Gasteiger partial charge on any atom is -0.332 e. The second kappa shape index (κ2) is 4.46. The number of nitrogens with zero attached hydrogens (tertiary/aromatic N) is 2. The normalized spacial score (nSPS) is 11.4. The lowest BCUT2D eigenvalue weighted by Crippen LogP contribution is -2.14. The van der Waals surface area contributed by atoms with Gasteiger partial charge >= 0.3 is 0 Å². The van der Waals surface area contributed by atoms with Gasteiger partial charge in [-0.2, -0.15) is 8.42 Å². The predicted molar refractivity (Wildman–Crippen MR) is 66.1 cm³/mol. The maximum Gasteiger partial charge on any atom is 0.280 e. The van der Waals surface area contributed by atoms with Crippen molar-refractivity contribution in [2.24, 2.45) is 0 Å². The Morgan fingerprint density at radius 3 is 2.59 bits per heavy atom. The average Bonchev–Trinajstić information content (AvgIpc) is 2.69. The Kier molecular flexibility index (Phi) is 3.16. The van der Waals surface area contributed by atoms with Gasteiger partial charge in [-0.3, -0.25) is 4.72 Å². The number of nitrogens with one attached hydrogen (secondary N) is 2. The molecule has 17 heavy (non-hydrogen) atoms. The Balaban J connectivity index is 2.26. The Hall–Kier alpha value is -1.41. The van der Waals surface area contributed by atoms with E-state index in [2.05, 4.69) is 35.6 Å². The number of aromatic nitrogens is 3. The highest BCUT2D eigenvalue weighted by molar-refractivity contribution is 9.10. The van der Waals surface area contributed by atoms with Crippen molar-refractivity contribution in [1.29, 1.82) is 0 Å². The Labute approximate surface area is 107 Å². The van der Waals surface area contributed by atoms with Gasteiger partial charge in [-0.1, -0.05) is 0 Å². The Morgan fingerprint density at radius 2 is 2.06 bits per heavy atom. The first kappa shape index (κ1) is 12.1. The number of H-pyrrole nitrogens is 1. The number of halogens is 1. The van der Waals surface area contributed by atoms with Crippen molar-refractivity contribution >= 4 is 31.8 Å². The van der Waals surface area contributed by atoms with Gasteiger partial charge in [0.1, 0.15) is 11.6 Å². The van der Waals surface area contributed by atoms with Gasteiger partial charge in [0.25, 0.3) is 10.0 Å². The molecule has 0 spiro atoms. The summed E-state index contributed by atoms with van der Waals surface area (Å²) in [7, 11) is -3.65. The van der Waals surface area contributed by atoms with Gasteiger partial charge in [0.05, 0.1) is 6.20 Å². The van der Waals surface area contributed by atoms with Gasteiger partial charge in [-0.05, 0) is 35.0 Å². The highest BCUT2D eigenvalue weighted by Gasteiger charge is 2.16. The quantitative estimate of drug-likeness (QED) is 0.901. The van der Waals surface area contributed by atoms with E-state index in [0.29, 0.717) is 5.82 Å². The van der Waals surface area contributed by atoms with Gasteiger partial charge in [0.15, 0.2) is 5.03 Å². The number of aromatic amines is 1. The number of aryl methyl sites for hydroxylation is 1. The number of pyridine rings is 1. The van der Waals surface area contributed by atoms with Crippen LogP contribution in [-0.2, 0) is 10.0 Å². The largest absolute Gasteiger partial charge is 0.332 e. The molecule has 2 rings (SSSR count). The van der Waals surface area contributed by atoms with Crippen molar-refractivity contribution in [1.82, 2.24) is 15.0 Å². The first-order chi connectivity index (χ1) is 7.97. The summed E-state index contributed by atoms with van der Waals surface area (Å²) >= 11 is 3.22. The number of sulfonamides is 1. The first-order valence-electron chi connectivity index (χ1n) is 4.63. The van der Waals surface area contributed by atoms with Gasteiger partial charge in [-0.25, -0.2) is 9.97 Å². The molecule has 2 aromatic heterocycles. The summed E-state index contributed by atoms with van der Waals surface area (Å²) in [6.07, 6.45) is 2.77. The number of hydrogen-bond donors (Lipinski definition) is 2. The van der Waals surface area contributed by atoms with E-state index in [9.17, 15) is 8.42 Å². The standard InChI is InChI=1S/C9H9BrN4O2S/c1-6-11-5-9(13-6)17(15,16)14-8-3-2-7(10)4-12-8/h2-5H,1H3,(H,11,13)(H,12,14). The van der Waals surface area contributed by atoms with Crippen molar-refractivity contribution in [2.75, 3.05) is 4.72 Å². The lowest BCUT2D eigenvalue weighted by Gasteiger charge is -2.04. The molecule has 2 N–H and O–H groups in total. The molecule has 0 aliphatic carbocycles. The van der Waals surface area contributed by atoms with E-state index in [-0.39, 0.29) is 10.8 Å². The molecule has 6 nitrogen and oxygen atoms in total. The average molecular weight is 317 g/mol. The second-order valence-electron chi connectivity index (χ2n) is 3.30. The molecule has 0 fully saturated rings. The number of anilines is 1. The molecule has 2 aromatic rings. The minimum absolute atomic E-state index is 0.0136. The zero-order chi connectivity index (χ0) is 12.5. The molecule has 0 saturated carbocycles. The zero-order valence-corrected chi connectivity index (χ0v) is 11.2. The maximum absolute atomic E-state index is 11.9. The third-order valence-corrected chi connectivity index (χ3v) is 3.67. The smallest absolute Gasteiger partial charge is 0.280 e. The van der Waals surface area contributed by atoms with E-state index in [1.165, 1.54) is 12.4 Å². The lowest BCUT2D eigenvalue weighted by atomic mass is 10.5. The molecule has 2 heterocycles. The number of hydrogen-bond acceptors (Lipinski definition) is 4. The SMILES string of the molecule is Cc1ncc(S(=O)(=O)Nc2ccc(Br)cn2)[nH]1. The monoisotopic (exact) mass is 316 g/mol. The summed E-state index contributed by atoms with van der Waals surface area (Å²) in [5, 5.41) is 0.0136. The minimum atomic E-state index is -3.65. The molecule has 0 atom stereocenters. The molecule has 90 valence electrons. The van der Waals surface area contributed by atoms with E-state index in [1.807, 2.05) is 0 Å². The number of rotatable bonds is 3. The van der Waals surface area contributed by atoms with Crippen molar-refractivity contribution in [3.63, 3.8) is 0 Å². The summed E-state index contributed by atoms with van der Waals surface area (Å²) in [5.74, 6) is 0.787. The summed E-state index contributed by atoms with van der Waals surface area (Å²) in [4.78, 5) is 10.4. The van der Waals surface area contributed by atoms with Gasteiger partial charge in [0, 0.05) is 10.7 Å². The summed E-state index contributed by atoms with van der Waals surface area (Å²) < 4.78 is 26.9.